The largest absolute Gasteiger partial charge is 0.348 e. The van der Waals surface area contributed by atoms with Crippen molar-refractivity contribution in [2.45, 2.75) is 6.54 Å². The molecule has 0 saturated heterocycles. The second-order valence-electron chi connectivity index (χ2n) is 3.57. The number of aromatic nitrogens is 3. The predicted octanol–water partition coefficient (Wildman–Crippen LogP) is 1.51. The molecule has 0 atom stereocenters. The minimum atomic E-state index is -0.128. The fourth-order valence-corrected chi connectivity index (χ4v) is 1.76. The molecule has 0 aliphatic heterocycles. The highest BCUT2D eigenvalue weighted by molar-refractivity contribution is 9.10. The van der Waals surface area contributed by atoms with Crippen LogP contribution < -0.4 is 5.32 Å². The zero-order valence-electron chi connectivity index (χ0n) is 9.22. The molecule has 17 heavy (non-hydrogen) atoms. The Morgan fingerprint density at radius 3 is 3.06 bits per heavy atom. The summed E-state index contributed by atoms with van der Waals surface area (Å²) in [5, 5.41) is 6.84. The first kappa shape index (κ1) is 11.8. The van der Waals surface area contributed by atoms with Gasteiger partial charge in [-0.15, -0.1) is 0 Å². The van der Waals surface area contributed by atoms with Gasteiger partial charge in [0.2, 0.25) is 0 Å². The molecule has 1 amide bonds. The molecule has 2 aromatic heterocycles. The topological polar surface area (TPSA) is 59.8 Å². The van der Waals surface area contributed by atoms with E-state index in [-0.39, 0.29) is 5.91 Å². The summed E-state index contributed by atoms with van der Waals surface area (Å²) >= 11 is 3.23. The van der Waals surface area contributed by atoms with Gasteiger partial charge in [-0.1, -0.05) is 0 Å². The van der Waals surface area contributed by atoms with Crippen molar-refractivity contribution in [1.82, 2.24) is 20.1 Å². The highest BCUT2D eigenvalue weighted by Gasteiger charge is 2.06. The Morgan fingerprint density at radius 2 is 2.41 bits per heavy atom. The van der Waals surface area contributed by atoms with E-state index < -0.39 is 0 Å². The van der Waals surface area contributed by atoms with Gasteiger partial charge in [-0.05, 0) is 28.1 Å². The third-order valence-electron chi connectivity index (χ3n) is 2.20. The van der Waals surface area contributed by atoms with E-state index in [2.05, 4.69) is 31.3 Å². The Bertz CT molecular complexity index is 538. The molecule has 0 aliphatic rings. The molecule has 0 aromatic carbocycles. The average molecular weight is 295 g/mol. The molecule has 0 bridgehead atoms. The molecule has 5 nitrogen and oxygen atoms in total. The van der Waals surface area contributed by atoms with Crippen LogP contribution in [0.25, 0.3) is 0 Å². The van der Waals surface area contributed by atoms with Crippen LogP contribution in [0, 0.1) is 0 Å². The van der Waals surface area contributed by atoms with Crippen molar-refractivity contribution < 1.29 is 4.79 Å². The summed E-state index contributed by atoms with van der Waals surface area (Å²) in [5.41, 5.74) is 1.55. The number of amides is 1. The highest BCUT2D eigenvalue weighted by atomic mass is 79.9. The summed E-state index contributed by atoms with van der Waals surface area (Å²) in [5.74, 6) is -0.128. The fraction of sp³-hybridized carbons (Fsp3) is 0.182. The van der Waals surface area contributed by atoms with E-state index in [1.165, 1.54) is 0 Å². The summed E-state index contributed by atoms with van der Waals surface area (Å²) in [4.78, 5) is 15.8. The van der Waals surface area contributed by atoms with Crippen LogP contribution in [0.5, 0.6) is 0 Å². The van der Waals surface area contributed by atoms with Crippen LogP contribution in [0.2, 0.25) is 0 Å². The van der Waals surface area contributed by atoms with Crippen LogP contribution in [0.3, 0.4) is 0 Å². The fourth-order valence-electron chi connectivity index (χ4n) is 1.39. The SMILES string of the molecule is Cn1cc(CNC(=O)c2ccnc(Br)c2)cn1. The lowest BCUT2D eigenvalue weighted by Gasteiger charge is -2.03. The molecular weight excluding hydrogens is 284 g/mol. The minimum absolute atomic E-state index is 0.128. The van der Waals surface area contributed by atoms with Crippen LogP contribution in [-0.2, 0) is 13.6 Å². The van der Waals surface area contributed by atoms with Gasteiger partial charge in [0.1, 0.15) is 4.60 Å². The Hall–Kier alpha value is -1.69. The summed E-state index contributed by atoms with van der Waals surface area (Å²) in [6.45, 7) is 0.465. The van der Waals surface area contributed by atoms with E-state index in [9.17, 15) is 4.79 Å². The monoisotopic (exact) mass is 294 g/mol. The van der Waals surface area contributed by atoms with Gasteiger partial charge in [0.25, 0.3) is 5.91 Å². The number of nitrogens with zero attached hydrogens (tertiary/aromatic N) is 3. The van der Waals surface area contributed by atoms with E-state index in [4.69, 9.17) is 0 Å². The maximum Gasteiger partial charge on any atom is 0.251 e. The van der Waals surface area contributed by atoms with Crippen molar-refractivity contribution in [3.05, 3.63) is 46.5 Å². The predicted molar refractivity (Wildman–Crippen MR) is 66.3 cm³/mol. The van der Waals surface area contributed by atoms with E-state index in [0.29, 0.717) is 16.7 Å². The third-order valence-corrected chi connectivity index (χ3v) is 2.63. The second-order valence-corrected chi connectivity index (χ2v) is 4.38. The molecule has 0 radical (unpaired) electrons. The number of halogens is 1. The van der Waals surface area contributed by atoms with Crippen molar-refractivity contribution in [3.8, 4) is 0 Å². The first-order chi connectivity index (χ1) is 8.15. The van der Waals surface area contributed by atoms with Gasteiger partial charge < -0.3 is 5.32 Å². The zero-order chi connectivity index (χ0) is 12.3. The van der Waals surface area contributed by atoms with Gasteiger partial charge in [-0.3, -0.25) is 9.48 Å². The highest BCUT2D eigenvalue weighted by Crippen LogP contribution is 2.08. The average Bonchev–Trinajstić information content (AvgIpc) is 2.72. The molecule has 2 aromatic rings. The molecule has 2 heterocycles. The molecule has 0 spiro atoms. The normalized spacial score (nSPS) is 10.2. The Kier molecular flexibility index (Phi) is 3.53. The lowest BCUT2D eigenvalue weighted by Crippen LogP contribution is -2.22. The van der Waals surface area contributed by atoms with Gasteiger partial charge >= 0.3 is 0 Å². The summed E-state index contributed by atoms with van der Waals surface area (Å²) in [6.07, 6.45) is 5.18. The Morgan fingerprint density at radius 1 is 1.59 bits per heavy atom. The van der Waals surface area contributed by atoms with Crippen molar-refractivity contribution in [1.29, 1.82) is 0 Å². The molecule has 0 saturated carbocycles. The number of hydrogen-bond donors (Lipinski definition) is 1. The third kappa shape index (κ3) is 3.13. The molecule has 6 heteroatoms. The summed E-state index contributed by atoms with van der Waals surface area (Å²) < 4.78 is 2.34. The first-order valence-electron chi connectivity index (χ1n) is 5.02. The van der Waals surface area contributed by atoms with Crippen LogP contribution >= 0.6 is 15.9 Å². The van der Waals surface area contributed by atoms with Crippen molar-refractivity contribution >= 4 is 21.8 Å². The van der Waals surface area contributed by atoms with Gasteiger partial charge in [-0.2, -0.15) is 5.10 Å². The van der Waals surface area contributed by atoms with E-state index in [0.717, 1.165) is 5.56 Å². The second kappa shape index (κ2) is 5.09. The number of carbonyl (C=O) groups excluding carboxylic acids is 1. The molecule has 0 aliphatic carbocycles. The maximum atomic E-state index is 11.8. The first-order valence-corrected chi connectivity index (χ1v) is 5.82. The van der Waals surface area contributed by atoms with Crippen LogP contribution in [0.15, 0.2) is 35.3 Å². The molecular formula is C11H11BrN4O. The number of carbonyl (C=O) groups is 1. The molecule has 2 rings (SSSR count). The lowest BCUT2D eigenvalue weighted by molar-refractivity contribution is 0.0950. The summed E-state index contributed by atoms with van der Waals surface area (Å²) in [7, 11) is 1.84. The summed E-state index contributed by atoms with van der Waals surface area (Å²) in [6, 6.07) is 3.35. The van der Waals surface area contributed by atoms with Crippen LogP contribution in [0.1, 0.15) is 15.9 Å². The van der Waals surface area contributed by atoms with E-state index in [1.54, 1.807) is 29.2 Å². The Balaban J connectivity index is 1.98. The number of nitrogens with one attached hydrogen (secondary N) is 1. The lowest BCUT2D eigenvalue weighted by atomic mass is 10.2. The van der Waals surface area contributed by atoms with Gasteiger partial charge in [0, 0.05) is 37.1 Å². The van der Waals surface area contributed by atoms with Crippen molar-refractivity contribution in [3.63, 3.8) is 0 Å². The van der Waals surface area contributed by atoms with Crippen LogP contribution in [-0.4, -0.2) is 20.7 Å². The van der Waals surface area contributed by atoms with Gasteiger partial charge in [0.15, 0.2) is 0 Å². The van der Waals surface area contributed by atoms with E-state index in [1.807, 2.05) is 13.2 Å². The standard InChI is InChI=1S/C11H11BrN4O/c1-16-7-8(6-15-16)5-14-11(17)9-2-3-13-10(12)4-9/h2-4,6-7H,5H2,1H3,(H,14,17). The molecule has 0 fully saturated rings. The van der Waals surface area contributed by atoms with Crippen LogP contribution in [0.4, 0.5) is 0 Å². The quantitative estimate of drug-likeness (QED) is 0.873. The van der Waals surface area contributed by atoms with Crippen molar-refractivity contribution in [2.24, 2.45) is 7.05 Å². The van der Waals surface area contributed by atoms with E-state index >= 15 is 0 Å². The molecule has 88 valence electrons. The zero-order valence-corrected chi connectivity index (χ0v) is 10.8. The number of rotatable bonds is 3. The molecule has 0 unspecified atom stereocenters. The van der Waals surface area contributed by atoms with Gasteiger partial charge in [0.05, 0.1) is 6.20 Å². The number of hydrogen-bond acceptors (Lipinski definition) is 3. The molecule has 1 N–H and O–H groups in total. The van der Waals surface area contributed by atoms with Crippen molar-refractivity contribution in [2.75, 3.05) is 0 Å². The maximum absolute atomic E-state index is 11.8. The van der Waals surface area contributed by atoms with Gasteiger partial charge in [-0.25, -0.2) is 4.98 Å². The smallest absolute Gasteiger partial charge is 0.251 e. The Labute approximate surface area is 107 Å². The minimum Gasteiger partial charge on any atom is -0.348 e. The number of aryl methyl sites for hydroxylation is 1. The number of pyridine rings is 1.